The van der Waals surface area contributed by atoms with Crippen LogP contribution in [0.15, 0.2) is 78.4 Å². The molecule has 0 aliphatic carbocycles. The molecule has 0 radical (unpaired) electrons. The lowest BCUT2D eigenvalue weighted by molar-refractivity contribution is -0.120. The van der Waals surface area contributed by atoms with Gasteiger partial charge in [0.1, 0.15) is 17.2 Å². The molecule has 2 aliphatic rings. The molecule has 0 saturated carbocycles. The molecule has 0 unspecified atom stereocenters. The molecule has 3 aromatic rings. The number of likely N-dealkylation sites (N-methyl/N-ethyl adjacent to an activating group) is 1. The van der Waals surface area contributed by atoms with Gasteiger partial charge < -0.3 is 19.3 Å². The zero-order valence-electron chi connectivity index (χ0n) is 22.0. The van der Waals surface area contributed by atoms with Crippen LogP contribution in [0, 0.1) is 0 Å². The number of hydrogen-bond acceptors (Lipinski definition) is 6. The second kappa shape index (κ2) is 12.5. The van der Waals surface area contributed by atoms with Gasteiger partial charge >= 0.3 is 0 Å². The highest BCUT2D eigenvalue weighted by Crippen LogP contribution is 2.30. The number of rotatable bonds is 9. The summed E-state index contributed by atoms with van der Waals surface area (Å²) in [5, 5.41) is 0.644. The van der Waals surface area contributed by atoms with E-state index in [9.17, 15) is 9.59 Å². The topological polar surface area (TPSA) is 62.3 Å². The van der Waals surface area contributed by atoms with Crippen molar-refractivity contribution in [3.8, 4) is 17.2 Å². The smallest absolute Gasteiger partial charge is 0.261 e. The van der Waals surface area contributed by atoms with Crippen molar-refractivity contribution in [3.05, 3.63) is 89.0 Å². The van der Waals surface area contributed by atoms with E-state index in [0.717, 1.165) is 50.5 Å². The molecule has 7 nitrogen and oxygen atoms in total. The standard InChI is InChI=1S/C31H32ClN3O4/c1-33-16-18-34(19-17-33)15-2-20-38-27-13-7-26(8-14-27)35-30(36)22-24(31(35)37)21-23-3-9-28(10-4-23)39-29-11-5-25(32)6-12-29/h3-14,21H,2,15-20,22H2,1H3. The Morgan fingerprint density at radius 1 is 0.821 bits per heavy atom. The van der Waals surface area contributed by atoms with Crippen LogP contribution in [0.1, 0.15) is 18.4 Å². The van der Waals surface area contributed by atoms with Crippen LogP contribution < -0.4 is 14.4 Å². The van der Waals surface area contributed by atoms with Crippen LogP contribution >= 0.6 is 11.6 Å². The van der Waals surface area contributed by atoms with Crippen molar-refractivity contribution in [1.82, 2.24) is 9.80 Å². The second-order valence-corrected chi connectivity index (χ2v) is 10.3. The SMILES string of the molecule is CN1CCN(CCCOc2ccc(N3C(=O)CC(=Cc4ccc(Oc5ccc(Cl)cc5)cc4)C3=O)cc2)CC1. The van der Waals surface area contributed by atoms with Gasteiger partial charge in [-0.25, -0.2) is 4.90 Å². The Hall–Kier alpha value is -3.65. The quantitative estimate of drug-likeness (QED) is 0.201. The average Bonchev–Trinajstić information content (AvgIpc) is 3.22. The Bertz CT molecular complexity index is 1320. The van der Waals surface area contributed by atoms with Crippen molar-refractivity contribution in [3.63, 3.8) is 0 Å². The van der Waals surface area contributed by atoms with Crippen LogP contribution in [-0.4, -0.2) is 68.0 Å². The lowest BCUT2D eigenvalue weighted by atomic mass is 10.1. The summed E-state index contributed by atoms with van der Waals surface area (Å²) in [4.78, 5) is 31.9. The van der Waals surface area contributed by atoms with Gasteiger partial charge in [-0.05, 0) is 85.8 Å². The second-order valence-electron chi connectivity index (χ2n) is 9.85. The number of imide groups is 1. The van der Waals surface area contributed by atoms with Crippen molar-refractivity contribution in [1.29, 1.82) is 0 Å². The Morgan fingerprint density at radius 3 is 2.10 bits per heavy atom. The molecule has 2 aliphatic heterocycles. The molecule has 0 bridgehead atoms. The Morgan fingerprint density at radius 2 is 1.44 bits per heavy atom. The van der Waals surface area contributed by atoms with Crippen molar-refractivity contribution in [2.75, 3.05) is 51.3 Å². The third kappa shape index (κ3) is 7.06. The molecule has 202 valence electrons. The molecule has 0 spiro atoms. The van der Waals surface area contributed by atoms with E-state index in [4.69, 9.17) is 21.1 Å². The highest BCUT2D eigenvalue weighted by molar-refractivity contribution is 6.30. The molecule has 2 saturated heterocycles. The molecule has 2 heterocycles. The van der Waals surface area contributed by atoms with E-state index in [2.05, 4.69) is 16.8 Å². The minimum absolute atomic E-state index is 0.0619. The minimum atomic E-state index is -0.303. The number of amides is 2. The van der Waals surface area contributed by atoms with E-state index in [1.807, 2.05) is 36.4 Å². The number of hydrogen-bond donors (Lipinski definition) is 0. The van der Waals surface area contributed by atoms with E-state index >= 15 is 0 Å². The summed E-state index contributed by atoms with van der Waals surface area (Å²) in [7, 11) is 2.16. The van der Waals surface area contributed by atoms with Gasteiger partial charge in [0.15, 0.2) is 0 Å². The fraction of sp³-hybridized carbons (Fsp3) is 0.290. The normalized spacial score (nSPS) is 17.7. The van der Waals surface area contributed by atoms with Crippen LogP contribution in [-0.2, 0) is 9.59 Å². The summed E-state index contributed by atoms with van der Waals surface area (Å²) in [5.74, 6) is 1.53. The zero-order valence-corrected chi connectivity index (χ0v) is 22.8. The molecule has 2 amide bonds. The van der Waals surface area contributed by atoms with E-state index in [0.29, 0.717) is 34.4 Å². The maximum Gasteiger partial charge on any atom is 0.261 e. The van der Waals surface area contributed by atoms with Gasteiger partial charge in [-0.1, -0.05) is 23.7 Å². The predicted octanol–water partition coefficient (Wildman–Crippen LogP) is 5.50. The maximum atomic E-state index is 13.1. The predicted molar refractivity (Wildman–Crippen MR) is 154 cm³/mol. The van der Waals surface area contributed by atoms with Gasteiger partial charge in [0.05, 0.1) is 18.7 Å². The number of carbonyl (C=O) groups excluding carboxylic acids is 2. The van der Waals surface area contributed by atoms with Gasteiger partial charge in [0.2, 0.25) is 5.91 Å². The first-order valence-electron chi connectivity index (χ1n) is 13.2. The van der Waals surface area contributed by atoms with Crippen LogP contribution in [0.2, 0.25) is 5.02 Å². The summed E-state index contributed by atoms with van der Waals surface area (Å²) in [6.45, 7) is 6.08. The van der Waals surface area contributed by atoms with Crippen molar-refractivity contribution in [2.24, 2.45) is 0 Å². The summed E-state index contributed by atoms with van der Waals surface area (Å²) >= 11 is 5.92. The minimum Gasteiger partial charge on any atom is -0.494 e. The van der Waals surface area contributed by atoms with Gasteiger partial charge in [-0.2, -0.15) is 0 Å². The van der Waals surface area contributed by atoms with Crippen molar-refractivity contribution < 1.29 is 19.1 Å². The molecule has 0 aromatic heterocycles. The van der Waals surface area contributed by atoms with Crippen molar-refractivity contribution in [2.45, 2.75) is 12.8 Å². The molecular formula is C31H32ClN3O4. The molecule has 2 fully saturated rings. The lowest BCUT2D eigenvalue weighted by Gasteiger charge is -2.32. The van der Waals surface area contributed by atoms with Crippen LogP contribution in [0.5, 0.6) is 17.2 Å². The van der Waals surface area contributed by atoms with E-state index < -0.39 is 0 Å². The number of nitrogens with zero attached hydrogens (tertiary/aromatic N) is 3. The van der Waals surface area contributed by atoms with Gasteiger partial charge in [0.25, 0.3) is 5.91 Å². The van der Waals surface area contributed by atoms with Gasteiger partial charge in [-0.15, -0.1) is 0 Å². The zero-order chi connectivity index (χ0) is 27.2. The Labute approximate surface area is 234 Å². The van der Waals surface area contributed by atoms with E-state index in [1.165, 1.54) is 4.90 Å². The van der Waals surface area contributed by atoms with Crippen molar-refractivity contribution >= 4 is 35.2 Å². The molecule has 3 aromatic carbocycles. The monoisotopic (exact) mass is 545 g/mol. The highest BCUT2D eigenvalue weighted by Gasteiger charge is 2.34. The first kappa shape index (κ1) is 26.9. The third-order valence-corrected chi connectivity index (χ3v) is 7.17. The van der Waals surface area contributed by atoms with Crippen LogP contribution in [0.3, 0.4) is 0 Å². The summed E-state index contributed by atoms with van der Waals surface area (Å²) < 4.78 is 11.7. The first-order valence-corrected chi connectivity index (χ1v) is 13.6. The number of ether oxygens (including phenoxy) is 2. The fourth-order valence-corrected chi connectivity index (χ4v) is 4.79. The fourth-order valence-electron chi connectivity index (χ4n) is 4.66. The summed E-state index contributed by atoms with van der Waals surface area (Å²) in [6, 6.07) is 21.6. The average molecular weight is 546 g/mol. The molecular weight excluding hydrogens is 514 g/mol. The molecule has 0 N–H and O–H groups in total. The molecule has 0 atom stereocenters. The van der Waals surface area contributed by atoms with Gasteiger partial charge in [-0.3, -0.25) is 9.59 Å². The molecule has 5 rings (SSSR count). The Kier molecular flexibility index (Phi) is 8.61. The number of carbonyl (C=O) groups is 2. The van der Waals surface area contributed by atoms with Crippen LogP contribution in [0.25, 0.3) is 6.08 Å². The lowest BCUT2D eigenvalue weighted by Crippen LogP contribution is -2.44. The number of benzene rings is 3. The molecule has 8 heteroatoms. The van der Waals surface area contributed by atoms with E-state index in [-0.39, 0.29) is 18.2 Å². The maximum absolute atomic E-state index is 13.1. The molecule has 39 heavy (non-hydrogen) atoms. The number of anilines is 1. The summed E-state index contributed by atoms with van der Waals surface area (Å²) in [6.07, 6.45) is 2.77. The largest absolute Gasteiger partial charge is 0.494 e. The van der Waals surface area contributed by atoms with E-state index in [1.54, 1.807) is 42.5 Å². The summed E-state index contributed by atoms with van der Waals surface area (Å²) in [5.41, 5.74) is 1.82. The number of halogens is 1. The Balaban J connectivity index is 1.14. The first-order chi connectivity index (χ1) is 18.9. The van der Waals surface area contributed by atoms with Crippen LogP contribution in [0.4, 0.5) is 5.69 Å². The highest BCUT2D eigenvalue weighted by atomic mass is 35.5. The number of piperazine rings is 1. The van der Waals surface area contributed by atoms with Gasteiger partial charge in [0, 0.05) is 43.3 Å². The third-order valence-electron chi connectivity index (χ3n) is 6.92.